The molecule has 0 saturated heterocycles. The number of nitrogens with zero attached hydrogens (tertiary/aromatic N) is 1. The third-order valence-corrected chi connectivity index (χ3v) is 3.84. The molecule has 4 heteroatoms. The number of nitrogens with one attached hydrogen (secondary N) is 1. The maximum absolute atomic E-state index is 14.5. The lowest BCUT2D eigenvalue weighted by Crippen LogP contribution is -1.98. The van der Waals surface area contributed by atoms with Crippen LogP contribution in [0.25, 0.3) is 22.4 Å². The highest BCUT2D eigenvalue weighted by Gasteiger charge is 2.19. The van der Waals surface area contributed by atoms with Gasteiger partial charge >= 0.3 is 0 Å². The summed E-state index contributed by atoms with van der Waals surface area (Å²) >= 11 is 0. The first-order chi connectivity index (χ1) is 11.2. The third-order valence-electron chi connectivity index (χ3n) is 3.84. The van der Waals surface area contributed by atoms with Gasteiger partial charge in [0.05, 0.1) is 6.61 Å². The highest BCUT2D eigenvalue weighted by atomic mass is 19.1. The summed E-state index contributed by atoms with van der Waals surface area (Å²) < 4.78 is 19.7. The summed E-state index contributed by atoms with van der Waals surface area (Å²) in [6.07, 6.45) is 0.652. The van der Waals surface area contributed by atoms with Gasteiger partial charge in [-0.25, -0.2) is 4.39 Å². The number of aromatic nitrogens is 2. The average Bonchev–Trinajstić information content (AvgIpc) is 2.97. The Kier molecular flexibility index (Phi) is 4.53. The summed E-state index contributed by atoms with van der Waals surface area (Å²) in [5.74, 6) is -0.234. The fourth-order valence-corrected chi connectivity index (χ4v) is 2.68. The van der Waals surface area contributed by atoms with Crippen LogP contribution in [-0.2, 0) is 11.2 Å². The summed E-state index contributed by atoms with van der Waals surface area (Å²) in [4.78, 5) is 0. The summed E-state index contributed by atoms with van der Waals surface area (Å²) in [5.41, 5.74) is 4.88. The van der Waals surface area contributed by atoms with Gasteiger partial charge < -0.3 is 4.74 Å². The summed E-state index contributed by atoms with van der Waals surface area (Å²) in [7, 11) is 1.65. The Morgan fingerprint density at radius 3 is 2.61 bits per heavy atom. The Balaban J connectivity index is 2.17. The van der Waals surface area contributed by atoms with Crippen molar-refractivity contribution in [2.75, 3.05) is 13.7 Å². The summed E-state index contributed by atoms with van der Waals surface area (Å²) in [5, 5.41) is 7.48. The van der Waals surface area contributed by atoms with E-state index in [4.69, 9.17) is 4.74 Å². The van der Waals surface area contributed by atoms with Crippen LogP contribution >= 0.6 is 0 Å². The summed E-state index contributed by atoms with van der Waals surface area (Å²) in [6, 6.07) is 15.1. The van der Waals surface area contributed by atoms with Crippen molar-refractivity contribution >= 4 is 0 Å². The highest BCUT2D eigenvalue weighted by Crippen LogP contribution is 2.35. The van der Waals surface area contributed by atoms with E-state index >= 15 is 0 Å². The lowest BCUT2D eigenvalue weighted by Gasteiger charge is -2.08. The number of hydrogen-bond donors (Lipinski definition) is 1. The predicted octanol–water partition coefficient (Wildman–Crippen LogP) is 4.38. The molecule has 0 bridgehead atoms. The number of hydrogen-bond acceptors (Lipinski definition) is 2. The van der Waals surface area contributed by atoms with Crippen molar-refractivity contribution in [2.45, 2.75) is 13.3 Å². The van der Waals surface area contributed by atoms with Gasteiger partial charge in [-0.05, 0) is 18.6 Å². The lowest BCUT2D eigenvalue weighted by atomic mass is 9.96. The zero-order valence-electron chi connectivity index (χ0n) is 13.3. The van der Waals surface area contributed by atoms with Gasteiger partial charge in [-0.1, -0.05) is 42.5 Å². The standard InChI is InChI=1S/C19H19FN2O/c1-13-8-9-15(16(20)12-13)18-17(10-11-23-2)21-22-19(18)14-6-4-3-5-7-14/h3-9,12H,10-11H2,1-2H3,(H,21,22). The van der Waals surface area contributed by atoms with E-state index < -0.39 is 0 Å². The van der Waals surface area contributed by atoms with Gasteiger partial charge in [0, 0.05) is 35.9 Å². The Bertz CT molecular complexity index is 796. The summed E-state index contributed by atoms with van der Waals surface area (Å²) in [6.45, 7) is 2.43. The third kappa shape index (κ3) is 3.17. The van der Waals surface area contributed by atoms with E-state index in [1.807, 2.05) is 49.4 Å². The minimum Gasteiger partial charge on any atom is -0.384 e. The molecule has 118 valence electrons. The second-order valence-electron chi connectivity index (χ2n) is 5.52. The van der Waals surface area contributed by atoms with E-state index in [0.29, 0.717) is 18.6 Å². The number of aromatic amines is 1. The number of ether oxygens (including phenoxy) is 1. The van der Waals surface area contributed by atoms with E-state index in [2.05, 4.69) is 10.2 Å². The van der Waals surface area contributed by atoms with Gasteiger partial charge in [0.25, 0.3) is 0 Å². The van der Waals surface area contributed by atoms with Crippen LogP contribution in [0, 0.1) is 12.7 Å². The molecular weight excluding hydrogens is 291 g/mol. The monoisotopic (exact) mass is 310 g/mol. The van der Waals surface area contributed by atoms with Crippen molar-refractivity contribution in [3.8, 4) is 22.4 Å². The molecule has 0 atom stereocenters. The van der Waals surface area contributed by atoms with Gasteiger partial charge in [0.15, 0.2) is 0 Å². The van der Waals surface area contributed by atoms with Crippen molar-refractivity contribution in [2.24, 2.45) is 0 Å². The van der Waals surface area contributed by atoms with Crippen LogP contribution in [0.1, 0.15) is 11.3 Å². The molecule has 1 aromatic heterocycles. The number of rotatable bonds is 5. The lowest BCUT2D eigenvalue weighted by molar-refractivity contribution is 0.201. The Labute approximate surface area is 135 Å². The molecule has 0 fully saturated rings. The number of halogens is 1. The number of methoxy groups -OCH3 is 1. The van der Waals surface area contributed by atoms with E-state index in [1.165, 1.54) is 0 Å². The minimum atomic E-state index is -0.234. The average molecular weight is 310 g/mol. The van der Waals surface area contributed by atoms with Gasteiger partial charge in [-0.15, -0.1) is 0 Å². The van der Waals surface area contributed by atoms with Gasteiger partial charge in [-0.2, -0.15) is 5.10 Å². The molecule has 0 spiro atoms. The van der Waals surface area contributed by atoms with Crippen LogP contribution in [0.2, 0.25) is 0 Å². The Morgan fingerprint density at radius 1 is 1.13 bits per heavy atom. The maximum Gasteiger partial charge on any atom is 0.131 e. The fourth-order valence-electron chi connectivity index (χ4n) is 2.68. The second-order valence-corrected chi connectivity index (χ2v) is 5.52. The Hall–Kier alpha value is -2.46. The van der Waals surface area contributed by atoms with Crippen LogP contribution in [0.4, 0.5) is 4.39 Å². The first kappa shape index (κ1) is 15.4. The van der Waals surface area contributed by atoms with Crippen molar-refractivity contribution in [1.82, 2.24) is 10.2 Å². The Morgan fingerprint density at radius 2 is 1.91 bits per heavy atom. The molecule has 0 radical (unpaired) electrons. The van der Waals surface area contributed by atoms with Crippen molar-refractivity contribution < 1.29 is 9.13 Å². The molecule has 0 amide bonds. The van der Waals surface area contributed by atoms with E-state index in [1.54, 1.807) is 13.2 Å². The quantitative estimate of drug-likeness (QED) is 0.759. The number of benzene rings is 2. The topological polar surface area (TPSA) is 37.9 Å². The van der Waals surface area contributed by atoms with Gasteiger partial charge in [0.2, 0.25) is 0 Å². The SMILES string of the molecule is COCCc1[nH]nc(-c2ccccc2)c1-c1ccc(C)cc1F. The maximum atomic E-state index is 14.5. The van der Waals surface area contributed by atoms with Crippen LogP contribution in [0.3, 0.4) is 0 Å². The molecule has 2 aromatic carbocycles. The highest BCUT2D eigenvalue weighted by molar-refractivity contribution is 5.83. The van der Waals surface area contributed by atoms with E-state index in [-0.39, 0.29) is 5.82 Å². The molecular formula is C19H19FN2O. The van der Waals surface area contributed by atoms with Crippen molar-refractivity contribution in [3.05, 3.63) is 65.6 Å². The smallest absolute Gasteiger partial charge is 0.131 e. The van der Waals surface area contributed by atoms with Crippen molar-refractivity contribution in [1.29, 1.82) is 0 Å². The molecule has 0 aliphatic heterocycles. The molecule has 0 unspecified atom stereocenters. The first-order valence-corrected chi connectivity index (χ1v) is 7.59. The molecule has 0 saturated carbocycles. The largest absolute Gasteiger partial charge is 0.384 e. The van der Waals surface area contributed by atoms with Crippen LogP contribution < -0.4 is 0 Å². The van der Waals surface area contributed by atoms with Crippen LogP contribution in [-0.4, -0.2) is 23.9 Å². The molecule has 3 nitrogen and oxygen atoms in total. The number of H-pyrrole nitrogens is 1. The first-order valence-electron chi connectivity index (χ1n) is 7.59. The molecule has 0 aliphatic rings. The van der Waals surface area contributed by atoms with Crippen LogP contribution in [0.15, 0.2) is 48.5 Å². The van der Waals surface area contributed by atoms with E-state index in [0.717, 1.165) is 28.1 Å². The zero-order valence-corrected chi connectivity index (χ0v) is 13.3. The normalized spacial score (nSPS) is 10.9. The predicted molar refractivity (Wildman–Crippen MR) is 89.7 cm³/mol. The number of aryl methyl sites for hydroxylation is 1. The fraction of sp³-hybridized carbons (Fsp3) is 0.211. The van der Waals surface area contributed by atoms with Gasteiger partial charge in [-0.3, -0.25) is 5.10 Å². The molecule has 0 aliphatic carbocycles. The molecule has 3 aromatic rings. The van der Waals surface area contributed by atoms with Crippen molar-refractivity contribution in [3.63, 3.8) is 0 Å². The second kappa shape index (κ2) is 6.75. The van der Waals surface area contributed by atoms with Crippen LogP contribution in [0.5, 0.6) is 0 Å². The molecule has 1 heterocycles. The minimum absolute atomic E-state index is 0.234. The zero-order chi connectivity index (χ0) is 16.2. The molecule has 23 heavy (non-hydrogen) atoms. The molecule has 3 rings (SSSR count). The molecule has 1 N–H and O–H groups in total. The van der Waals surface area contributed by atoms with E-state index in [9.17, 15) is 4.39 Å². The van der Waals surface area contributed by atoms with Gasteiger partial charge in [0.1, 0.15) is 11.5 Å².